The molecule has 0 saturated carbocycles. The SMILES string of the molecule is NC(=O)c1ccc(CN=C(N)N2CCN(c3ccc(F)cc3)CC2)o1. The number of furan rings is 1. The zero-order valence-corrected chi connectivity index (χ0v) is 13.7. The van der Waals surface area contributed by atoms with E-state index >= 15 is 0 Å². The minimum atomic E-state index is -0.611. The average molecular weight is 345 g/mol. The predicted molar refractivity (Wildman–Crippen MR) is 92.7 cm³/mol. The molecule has 0 radical (unpaired) electrons. The number of primary amides is 1. The predicted octanol–water partition coefficient (Wildman–Crippen LogP) is 1.15. The van der Waals surface area contributed by atoms with Crippen molar-refractivity contribution in [2.75, 3.05) is 31.1 Å². The van der Waals surface area contributed by atoms with Gasteiger partial charge in [0.15, 0.2) is 11.7 Å². The number of aliphatic imine (C=N–C) groups is 1. The largest absolute Gasteiger partial charge is 0.454 e. The van der Waals surface area contributed by atoms with Gasteiger partial charge in [0.2, 0.25) is 0 Å². The first-order valence-electron chi connectivity index (χ1n) is 7.97. The van der Waals surface area contributed by atoms with Gasteiger partial charge in [0, 0.05) is 31.9 Å². The van der Waals surface area contributed by atoms with Crippen molar-refractivity contribution in [2.45, 2.75) is 6.54 Å². The molecule has 0 aliphatic carbocycles. The second kappa shape index (κ2) is 7.25. The maximum atomic E-state index is 13.0. The number of piperazine rings is 1. The fraction of sp³-hybridized carbons (Fsp3) is 0.294. The molecule has 2 aromatic rings. The van der Waals surface area contributed by atoms with Gasteiger partial charge in [-0.1, -0.05) is 0 Å². The first-order chi connectivity index (χ1) is 12.0. The highest BCUT2D eigenvalue weighted by Crippen LogP contribution is 2.17. The van der Waals surface area contributed by atoms with Crippen LogP contribution in [0.5, 0.6) is 0 Å². The summed E-state index contributed by atoms with van der Waals surface area (Å²) >= 11 is 0. The van der Waals surface area contributed by atoms with Crippen LogP contribution in [0, 0.1) is 5.82 Å². The number of nitrogens with two attached hydrogens (primary N) is 2. The molecular formula is C17H20FN5O2. The second-order valence-electron chi connectivity index (χ2n) is 5.76. The number of benzene rings is 1. The Balaban J connectivity index is 1.54. The Morgan fingerprint density at radius 3 is 2.36 bits per heavy atom. The number of amides is 1. The number of guanidine groups is 1. The minimum absolute atomic E-state index is 0.108. The summed E-state index contributed by atoms with van der Waals surface area (Å²) in [4.78, 5) is 19.5. The molecule has 8 heteroatoms. The number of hydrogen-bond donors (Lipinski definition) is 2. The number of halogens is 1. The Bertz CT molecular complexity index is 764. The molecule has 1 aliphatic heterocycles. The Morgan fingerprint density at radius 2 is 1.76 bits per heavy atom. The van der Waals surface area contributed by atoms with Gasteiger partial charge >= 0.3 is 0 Å². The first-order valence-corrected chi connectivity index (χ1v) is 7.97. The van der Waals surface area contributed by atoms with Crippen LogP contribution in [0.1, 0.15) is 16.3 Å². The van der Waals surface area contributed by atoms with Crippen LogP contribution >= 0.6 is 0 Å². The van der Waals surface area contributed by atoms with Crippen molar-refractivity contribution < 1.29 is 13.6 Å². The summed E-state index contributed by atoms with van der Waals surface area (Å²) in [5.74, 6) is 0.213. The van der Waals surface area contributed by atoms with E-state index in [2.05, 4.69) is 9.89 Å². The van der Waals surface area contributed by atoms with Crippen LogP contribution in [-0.4, -0.2) is 42.9 Å². The molecule has 1 amide bonds. The number of carbonyl (C=O) groups excluding carboxylic acids is 1. The fourth-order valence-corrected chi connectivity index (χ4v) is 2.70. The van der Waals surface area contributed by atoms with Gasteiger partial charge in [0.1, 0.15) is 18.1 Å². The molecule has 1 aromatic carbocycles. The van der Waals surface area contributed by atoms with Crippen molar-refractivity contribution in [1.29, 1.82) is 0 Å². The molecule has 1 aromatic heterocycles. The molecule has 1 saturated heterocycles. The number of nitrogens with zero attached hydrogens (tertiary/aromatic N) is 3. The van der Waals surface area contributed by atoms with E-state index in [-0.39, 0.29) is 18.1 Å². The molecule has 0 bridgehead atoms. The molecule has 0 spiro atoms. The van der Waals surface area contributed by atoms with E-state index in [0.29, 0.717) is 11.7 Å². The van der Waals surface area contributed by atoms with Crippen molar-refractivity contribution in [2.24, 2.45) is 16.5 Å². The summed E-state index contributed by atoms with van der Waals surface area (Å²) in [6.45, 7) is 3.23. The number of hydrogen-bond acceptors (Lipinski definition) is 4. The molecule has 0 unspecified atom stereocenters. The average Bonchev–Trinajstić information content (AvgIpc) is 3.10. The maximum absolute atomic E-state index is 13.0. The van der Waals surface area contributed by atoms with Gasteiger partial charge < -0.3 is 25.7 Å². The van der Waals surface area contributed by atoms with Gasteiger partial charge in [-0.3, -0.25) is 4.79 Å². The number of anilines is 1. The van der Waals surface area contributed by atoms with E-state index < -0.39 is 5.91 Å². The number of carbonyl (C=O) groups is 1. The quantitative estimate of drug-likeness (QED) is 0.639. The molecule has 4 N–H and O–H groups in total. The minimum Gasteiger partial charge on any atom is -0.454 e. The van der Waals surface area contributed by atoms with Crippen LogP contribution in [-0.2, 0) is 6.54 Å². The lowest BCUT2D eigenvalue weighted by atomic mass is 10.2. The van der Waals surface area contributed by atoms with Gasteiger partial charge in [0.05, 0.1) is 0 Å². The highest BCUT2D eigenvalue weighted by molar-refractivity contribution is 5.89. The molecule has 132 valence electrons. The van der Waals surface area contributed by atoms with Gasteiger partial charge in [-0.15, -0.1) is 0 Å². The number of rotatable bonds is 4. The fourth-order valence-electron chi connectivity index (χ4n) is 2.70. The standard InChI is InChI=1S/C17H20FN5O2/c18-12-1-3-13(4-2-12)22-7-9-23(10-8-22)17(20)21-11-14-5-6-15(25-14)16(19)24/h1-6H,7-11H2,(H2,19,24)(H2,20,21). The third kappa shape index (κ3) is 4.09. The lowest BCUT2D eigenvalue weighted by Crippen LogP contribution is -2.51. The summed E-state index contributed by atoms with van der Waals surface area (Å²) in [5, 5.41) is 0. The first kappa shape index (κ1) is 16.8. The third-order valence-electron chi connectivity index (χ3n) is 4.10. The Hall–Kier alpha value is -3.03. The molecular weight excluding hydrogens is 325 g/mol. The molecule has 3 rings (SSSR count). The van der Waals surface area contributed by atoms with Crippen LogP contribution in [0.3, 0.4) is 0 Å². The van der Waals surface area contributed by atoms with Gasteiger partial charge in [-0.05, 0) is 36.4 Å². The maximum Gasteiger partial charge on any atom is 0.284 e. The lowest BCUT2D eigenvalue weighted by molar-refractivity contribution is 0.0972. The van der Waals surface area contributed by atoms with E-state index in [4.69, 9.17) is 15.9 Å². The molecule has 7 nitrogen and oxygen atoms in total. The summed E-state index contributed by atoms with van der Waals surface area (Å²) in [6.07, 6.45) is 0. The van der Waals surface area contributed by atoms with Crippen molar-refractivity contribution >= 4 is 17.6 Å². The van der Waals surface area contributed by atoms with E-state index in [1.165, 1.54) is 18.2 Å². The van der Waals surface area contributed by atoms with Crippen molar-refractivity contribution in [3.8, 4) is 0 Å². The van der Waals surface area contributed by atoms with Crippen LogP contribution < -0.4 is 16.4 Å². The van der Waals surface area contributed by atoms with Crippen LogP contribution in [0.4, 0.5) is 10.1 Å². The van der Waals surface area contributed by atoms with Gasteiger partial charge in [-0.2, -0.15) is 0 Å². The summed E-state index contributed by atoms with van der Waals surface area (Å²) in [6, 6.07) is 9.64. The van der Waals surface area contributed by atoms with Crippen LogP contribution in [0.25, 0.3) is 0 Å². The molecule has 25 heavy (non-hydrogen) atoms. The molecule has 0 atom stereocenters. The zero-order chi connectivity index (χ0) is 17.8. The zero-order valence-electron chi connectivity index (χ0n) is 13.7. The highest BCUT2D eigenvalue weighted by Gasteiger charge is 2.18. The lowest BCUT2D eigenvalue weighted by Gasteiger charge is -2.36. The molecule has 2 heterocycles. The van der Waals surface area contributed by atoms with Gasteiger partial charge in [0.25, 0.3) is 5.91 Å². The Morgan fingerprint density at radius 1 is 1.08 bits per heavy atom. The normalized spacial score (nSPS) is 15.5. The topological polar surface area (TPSA) is 101 Å². The van der Waals surface area contributed by atoms with Crippen molar-refractivity contribution in [3.05, 3.63) is 53.7 Å². The van der Waals surface area contributed by atoms with Crippen LogP contribution in [0.15, 0.2) is 45.8 Å². The Kier molecular flexibility index (Phi) is 4.87. The monoisotopic (exact) mass is 345 g/mol. The van der Waals surface area contributed by atoms with Crippen molar-refractivity contribution in [3.63, 3.8) is 0 Å². The van der Waals surface area contributed by atoms with E-state index in [1.807, 2.05) is 4.90 Å². The highest BCUT2D eigenvalue weighted by atomic mass is 19.1. The van der Waals surface area contributed by atoms with E-state index in [0.717, 1.165) is 31.9 Å². The second-order valence-corrected chi connectivity index (χ2v) is 5.76. The summed E-state index contributed by atoms with van der Waals surface area (Å²) in [5.41, 5.74) is 12.2. The van der Waals surface area contributed by atoms with E-state index in [1.54, 1.807) is 18.2 Å². The summed E-state index contributed by atoms with van der Waals surface area (Å²) < 4.78 is 18.3. The van der Waals surface area contributed by atoms with E-state index in [9.17, 15) is 9.18 Å². The molecule has 1 aliphatic rings. The van der Waals surface area contributed by atoms with Crippen molar-refractivity contribution in [1.82, 2.24) is 4.90 Å². The van der Waals surface area contributed by atoms with Gasteiger partial charge in [-0.25, -0.2) is 9.38 Å². The third-order valence-corrected chi connectivity index (χ3v) is 4.10. The molecule has 1 fully saturated rings. The Labute approximate surface area is 144 Å². The smallest absolute Gasteiger partial charge is 0.284 e. The van der Waals surface area contributed by atoms with Crippen LogP contribution in [0.2, 0.25) is 0 Å². The summed E-state index contributed by atoms with van der Waals surface area (Å²) in [7, 11) is 0.